The Morgan fingerprint density at radius 3 is 1.82 bits per heavy atom. The molecule has 0 radical (unpaired) electrons. The van der Waals surface area contributed by atoms with Crippen molar-refractivity contribution in [3.63, 3.8) is 0 Å². The third-order valence-electron chi connectivity index (χ3n) is 6.34. The van der Waals surface area contributed by atoms with Crippen molar-refractivity contribution in [1.82, 2.24) is 0 Å². The van der Waals surface area contributed by atoms with E-state index in [0.717, 1.165) is 16.0 Å². The number of anilines is 4. The molecule has 0 amide bonds. The minimum atomic E-state index is -0.957. The molecule has 5 rings (SSSR count). The topological polar surface area (TPSA) is 117 Å². The molecular formula is C29H24N3NaO4S2. The average Bonchev–Trinajstić information content (AvgIpc) is 2.93. The number of carbonyl (C=O) groups is 2. The summed E-state index contributed by atoms with van der Waals surface area (Å²) in [5.74, 6) is 8.86. The van der Waals surface area contributed by atoms with Crippen LogP contribution in [0.3, 0.4) is 0 Å². The van der Waals surface area contributed by atoms with Gasteiger partial charge in [-0.1, -0.05) is 36.4 Å². The first-order chi connectivity index (χ1) is 18.3. The van der Waals surface area contributed by atoms with Crippen molar-refractivity contribution >= 4 is 63.0 Å². The second-order valence-electron chi connectivity index (χ2n) is 8.89. The molecule has 0 heterocycles. The van der Waals surface area contributed by atoms with Crippen LogP contribution in [0.2, 0.25) is 0 Å². The molecule has 1 unspecified atom stereocenters. The number of nitrogens with two attached hydrogens (primary N) is 1. The van der Waals surface area contributed by atoms with Crippen LogP contribution in [0.1, 0.15) is 43.0 Å². The molecule has 0 fully saturated rings. The molecule has 0 saturated carbocycles. The van der Waals surface area contributed by atoms with Crippen LogP contribution in [0.4, 0.5) is 22.7 Å². The maximum absolute atomic E-state index is 13.8. The molecule has 1 aliphatic carbocycles. The van der Waals surface area contributed by atoms with Crippen LogP contribution in [-0.4, -0.2) is 22.0 Å². The molecule has 4 aromatic rings. The van der Waals surface area contributed by atoms with Crippen molar-refractivity contribution in [2.75, 3.05) is 10.6 Å². The van der Waals surface area contributed by atoms with E-state index in [1.807, 2.05) is 38.1 Å². The number of hydrogen-bond donors (Lipinski definition) is 3. The summed E-state index contributed by atoms with van der Waals surface area (Å²) >= 11 is 0.365. The van der Waals surface area contributed by atoms with Crippen LogP contribution in [-0.2, 0) is 4.28 Å². The Balaban J connectivity index is 0.00000353. The molecule has 0 saturated heterocycles. The largest absolute Gasteiger partial charge is 1.00 e. The van der Waals surface area contributed by atoms with Gasteiger partial charge in [0.25, 0.3) is 0 Å². The predicted molar refractivity (Wildman–Crippen MR) is 154 cm³/mol. The molecule has 0 aromatic heterocycles. The molecule has 0 aliphatic heterocycles. The van der Waals surface area contributed by atoms with Gasteiger partial charge in [0.05, 0.1) is 38.8 Å². The Bertz CT molecular complexity index is 1640. The summed E-state index contributed by atoms with van der Waals surface area (Å²) in [6.45, 7) is 3.85. The zero-order valence-corrected chi connectivity index (χ0v) is 25.3. The first-order valence-electron chi connectivity index (χ1n) is 11.6. The van der Waals surface area contributed by atoms with E-state index in [4.69, 9.17) is 10.2 Å². The van der Waals surface area contributed by atoms with Crippen LogP contribution in [0, 0.1) is 13.8 Å². The number of ketones is 2. The minimum absolute atomic E-state index is 0. The Kier molecular flexibility index (Phi) is 9.15. The maximum Gasteiger partial charge on any atom is 1.00 e. The normalized spacial score (nSPS) is 12.7. The second kappa shape index (κ2) is 12.2. The van der Waals surface area contributed by atoms with Crippen molar-refractivity contribution < 1.29 is 48.0 Å². The number of hydrogen-bond acceptors (Lipinski definition) is 8. The van der Waals surface area contributed by atoms with Gasteiger partial charge < -0.3 is 15.2 Å². The second-order valence-corrected chi connectivity index (χ2v) is 10.8. The van der Waals surface area contributed by atoms with Crippen LogP contribution < -0.4 is 46.1 Å². The van der Waals surface area contributed by atoms with Gasteiger partial charge in [-0.2, -0.15) is 0 Å². The Morgan fingerprint density at radius 2 is 1.28 bits per heavy atom. The zero-order chi connectivity index (χ0) is 27.0. The van der Waals surface area contributed by atoms with Crippen molar-refractivity contribution in [3.8, 4) is 0 Å². The minimum Gasteiger partial charge on any atom is -0.795 e. The molecule has 4 N–H and O–H groups in total. The molecule has 1 atom stereocenters. The number of fused-ring (bicyclic) bond motifs is 2. The fraction of sp³-hybridized carbons (Fsp3) is 0.0690. The average molecular weight is 566 g/mol. The van der Waals surface area contributed by atoms with E-state index in [9.17, 15) is 14.1 Å². The third-order valence-corrected chi connectivity index (χ3v) is 7.92. The third kappa shape index (κ3) is 5.63. The van der Waals surface area contributed by atoms with Gasteiger partial charge in [-0.3, -0.25) is 9.59 Å². The van der Waals surface area contributed by atoms with Gasteiger partial charge in [0.1, 0.15) is 0 Å². The summed E-state index contributed by atoms with van der Waals surface area (Å²) in [7, 11) is -0.957. The summed E-state index contributed by atoms with van der Waals surface area (Å²) in [6.07, 6.45) is 0. The van der Waals surface area contributed by atoms with E-state index in [0.29, 0.717) is 50.8 Å². The molecule has 7 nitrogen and oxygen atoms in total. The summed E-state index contributed by atoms with van der Waals surface area (Å²) in [5.41, 5.74) is 5.19. The Morgan fingerprint density at radius 1 is 0.795 bits per heavy atom. The van der Waals surface area contributed by atoms with Gasteiger partial charge in [-0.05, 0) is 78.0 Å². The van der Waals surface area contributed by atoms with Gasteiger partial charge in [-0.15, -0.1) is 0 Å². The standard InChI is InChI=1S/C29H25N3O4S2.Na/c1-16-8-10-20(24(14-16)37-35)31-22-12-13-23(32-21-11-9-17(2)15-25(21)38(3)36-30)27-26(22)28(33)18-6-4-5-7-19(18)29(27)34;/h4-15,31-32,35H,3,30H2,1-2H3;/q;+1/p-1. The number of aryl methyl sites for hydroxylation is 2. The fourth-order valence-electron chi connectivity index (χ4n) is 4.50. The molecule has 1 aliphatic rings. The summed E-state index contributed by atoms with van der Waals surface area (Å²) in [6, 6.07) is 21.4. The first-order valence-corrected chi connectivity index (χ1v) is 13.7. The fourth-order valence-corrected chi connectivity index (χ4v) is 5.72. The van der Waals surface area contributed by atoms with Gasteiger partial charge in [0.15, 0.2) is 11.6 Å². The quantitative estimate of drug-likeness (QED) is 0.119. The Labute approximate surface area is 255 Å². The number of rotatable bonds is 7. The van der Waals surface area contributed by atoms with E-state index in [-0.39, 0.29) is 52.3 Å². The molecule has 192 valence electrons. The van der Waals surface area contributed by atoms with Gasteiger partial charge in [-0.25, -0.2) is 22.2 Å². The zero-order valence-electron chi connectivity index (χ0n) is 21.7. The summed E-state index contributed by atoms with van der Waals surface area (Å²) in [5, 5.41) is 6.55. The van der Waals surface area contributed by atoms with Crippen LogP contribution >= 0.6 is 22.8 Å². The van der Waals surface area contributed by atoms with Crippen molar-refractivity contribution in [2.45, 2.75) is 23.6 Å². The predicted octanol–water partition coefficient (Wildman–Crippen LogP) is 3.66. The van der Waals surface area contributed by atoms with Crippen LogP contribution in [0.25, 0.3) is 0 Å². The first kappa shape index (κ1) is 29.3. The van der Waals surface area contributed by atoms with E-state index in [2.05, 4.69) is 16.5 Å². The van der Waals surface area contributed by atoms with E-state index in [1.165, 1.54) is 0 Å². The van der Waals surface area contributed by atoms with E-state index < -0.39 is 10.8 Å². The van der Waals surface area contributed by atoms with Gasteiger partial charge in [0.2, 0.25) is 0 Å². The van der Waals surface area contributed by atoms with Crippen molar-refractivity contribution in [2.24, 2.45) is 5.90 Å². The number of carbonyl (C=O) groups excluding carboxylic acids is 2. The van der Waals surface area contributed by atoms with Gasteiger partial charge in [0, 0.05) is 16.0 Å². The van der Waals surface area contributed by atoms with Crippen LogP contribution in [0.15, 0.2) is 82.6 Å². The SMILES string of the molecule is C=S(ON)c1cc(C)ccc1Nc1ccc(Nc2ccc(C)cc2S[O-])c2c1C(=O)c1ccccc1C2=O.[Na+]. The van der Waals surface area contributed by atoms with E-state index >= 15 is 0 Å². The summed E-state index contributed by atoms with van der Waals surface area (Å²) in [4.78, 5) is 28.9. The van der Waals surface area contributed by atoms with Crippen LogP contribution in [0.5, 0.6) is 0 Å². The monoisotopic (exact) mass is 565 g/mol. The smallest absolute Gasteiger partial charge is 0.795 e. The maximum atomic E-state index is 13.8. The molecule has 0 bridgehead atoms. The molecule has 4 aromatic carbocycles. The van der Waals surface area contributed by atoms with Crippen molar-refractivity contribution in [1.29, 1.82) is 0 Å². The van der Waals surface area contributed by atoms with Crippen molar-refractivity contribution in [3.05, 3.63) is 106 Å². The molecule has 0 spiro atoms. The molecule has 10 heteroatoms. The number of benzene rings is 4. The Hall–Kier alpha value is -2.73. The van der Waals surface area contributed by atoms with E-state index in [1.54, 1.807) is 48.5 Å². The number of nitrogens with one attached hydrogen (secondary N) is 2. The molecular weight excluding hydrogens is 541 g/mol. The molecule has 39 heavy (non-hydrogen) atoms. The van der Waals surface area contributed by atoms with Gasteiger partial charge >= 0.3 is 29.6 Å². The summed E-state index contributed by atoms with van der Waals surface area (Å²) < 4.78 is 16.8.